The van der Waals surface area contributed by atoms with Crippen LogP contribution in [-0.2, 0) is 4.79 Å². The van der Waals surface area contributed by atoms with Gasteiger partial charge in [-0.1, -0.05) is 0 Å². The van der Waals surface area contributed by atoms with Gasteiger partial charge in [0.2, 0.25) is 0 Å². The molecule has 0 bridgehead atoms. The summed E-state index contributed by atoms with van der Waals surface area (Å²) in [5.74, 6) is -0.935. The normalized spacial score (nSPS) is 9.89. The van der Waals surface area contributed by atoms with E-state index in [0.29, 0.717) is 17.1 Å². The van der Waals surface area contributed by atoms with Gasteiger partial charge in [-0.3, -0.25) is 4.79 Å². The minimum atomic E-state index is -1.04. The van der Waals surface area contributed by atoms with Crippen molar-refractivity contribution in [2.75, 3.05) is 11.9 Å². The Hall–Kier alpha value is -2.83. The van der Waals surface area contributed by atoms with E-state index in [1.54, 1.807) is 24.3 Å². The second kappa shape index (κ2) is 5.67. The number of amides is 1. The van der Waals surface area contributed by atoms with Gasteiger partial charge < -0.3 is 20.1 Å². The number of H-pyrrole nitrogens is 1. The summed E-state index contributed by atoms with van der Waals surface area (Å²) < 4.78 is 4.97. The second-order valence-corrected chi connectivity index (χ2v) is 3.63. The van der Waals surface area contributed by atoms with Crippen LogP contribution in [0, 0.1) is 0 Å². The Morgan fingerprint density at radius 3 is 2.63 bits per heavy atom. The lowest BCUT2D eigenvalue weighted by molar-refractivity contribution is -0.139. The predicted octanol–water partition coefficient (Wildman–Crippen LogP) is 1.13. The average Bonchev–Trinajstić information content (AvgIpc) is 2.92. The van der Waals surface area contributed by atoms with Crippen LogP contribution in [0.25, 0.3) is 0 Å². The fraction of sp³-hybridized carbons (Fsp3) is 0.0833. The number of nitrogens with one attached hydrogen (secondary N) is 2. The van der Waals surface area contributed by atoms with E-state index in [4.69, 9.17) is 9.84 Å². The minimum absolute atomic E-state index is 0.309. The zero-order chi connectivity index (χ0) is 13.7. The van der Waals surface area contributed by atoms with Crippen molar-refractivity contribution in [3.8, 4) is 5.75 Å². The number of hydrogen-bond donors (Lipinski definition) is 3. The van der Waals surface area contributed by atoms with Crippen LogP contribution in [0.4, 0.5) is 5.69 Å². The molecule has 7 nitrogen and oxygen atoms in total. The minimum Gasteiger partial charge on any atom is -0.482 e. The maximum absolute atomic E-state index is 11.7. The highest BCUT2D eigenvalue weighted by molar-refractivity contribution is 6.02. The molecule has 3 N–H and O–H groups in total. The molecule has 1 heterocycles. The topological polar surface area (TPSA) is 104 Å². The first-order chi connectivity index (χ1) is 9.15. The van der Waals surface area contributed by atoms with E-state index < -0.39 is 12.6 Å². The number of carbonyl (C=O) groups is 2. The quantitative estimate of drug-likeness (QED) is 0.748. The van der Waals surface area contributed by atoms with Gasteiger partial charge in [-0.05, 0) is 24.3 Å². The molecule has 7 heteroatoms. The summed E-state index contributed by atoms with van der Waals surface area (Å²) in [6, 6.07) is 6.38. The highest BCUT2D eigenvalue weighted by Gasteiger charge is 2.07. The van der Waals surface area contributed by atoms with Crippen LogP contribution in [0.15, 0.2) is 36.8 Å². The van der Waals surface area contributed by atoms with Gasteiger partial charge in [-0.15, -0.1) is 0 Å². The van der Waals surface area contributed by atoms with Crippen molar-refractivity contribution < 1.29 is 19.4 Å². The van der Waals surface area contributed by atoms with E-state index >= 15 is 0 Å². The number of hydrogen-bond acceptors (Lipinski definition) is 4. The van der Waals surface area contributed by atoms with Gasteiger partial charge in [0.15, 0.2) is 6.61 Å². The third-order valence-corrected chi connectivity index (χ3v) is 2.22. The van der Waals surface area contributed by atoms with Crippen LogP contribution in [-0.4, -0.2) is 33.6 Å². The number of carbonyl (C=O) groups excluding carboxylic acids is 1. The summed E-state index contributed by atoms with van der Waals surface area (Å²) in [6.07, 6.45) is 2.83. The van der Waals surface area contributed by atoms with Gasteiger partial charge in [0.05, 0.1) is 12.5 Å². The van der Waals surface area contributed by atoms with E-state index in [2.05, 4.69) is 15.3 Å². The van der Waals surface area contributed by atoms with Crippen LogP contribution in [0.5, 0.6) is 5.75 Å². The maximum Gasteiger partial charge on any atom is 0.341 e. The van der Waals surface area contributed by atoms with Crippen molar-refractivity contribution in [1.82, 2.24) is 9.97 Å². The number of benzene rings is 1. The largest absolute Gasteiger partial charge is 0.482 e. The molecule has 1 aromatic carbocycles. The van der Waals surface area contributed by atoms with Crippen molar-refractivity contribution in [2.24, 2.45) is 0 Å². The summed E-state index contributed by atoms with van der Waals surface area (Å²) in [5, 5.41) is 11.1. The third-order valence-electron chi connectivity index (χ3n) is 2.22. The van der Waals surface area contributed by atoms with Gasteiger partial charge in [-0.2, -0.15) is 0 Å². The van der Waals surface area contributed by atoms with Crippen molar-refractivity contribution in [2.45, 2.75) is 0 Å². The van der Waals surface area contributed by atoms with Gasteiger partial charge in [0.1, 0.15) is 11.4 Å². The Morgan fingerprint density at radius 1 is 1.32 bits per heavy atom. The molecule has 0 spiro atoms. The molecule has 0 fully saturated rings. The van der Waals surface area contributed by atoms with Crippen molar-refractivity contribution in [3.05, 3.63) is 42.5 Å². The van der Waals surface area contributed by atoms with Crippen molar-refractivity contribution in [3.63, 3.8) is 0 Å². The number of aromatic amines is 1. The summed E-state index contributed by atoms with van der Waals surface area (Å²) >= 11 is 0. The molecular formula is C12H11N3O4. The van der Waals surface area contributed by atoms with E-state index in [1.807, 2.05) is 0 Å². The average molecular weight is 261 g/mol. The highest BCUT2D eigenvalue weighted by Crippen LogP contribution is 2.16. The van der Waals surface area contributed by atoms with Gasteiger partial charge >= 0.3 is 5.97 Å². The lowest BCUT2D eigenvalue weighted by atomic mass is 10.3. The first-order valence-corrected chi connectivity index (χ1v) is 5.39. The molecule has 0 aliphatic heterocycles. The van der Waals surface area contributed by atoms with E-state index in [9.17, 15) is 9.59 Å². The molecule has 2 rings (SSSR count). The molecule has 1 aromatic heterocycles. The Bertz CT molecular complexity index is 563. The number of anilines is 1. The third kappa shape index (κ3) is 3.56. The summed E-state index contributed by atoms with van der Waals surface area (Å²) in [6.45, 7) is -0.403. The molecule has 0 unspecified atom stereocenters. The van der Waals surface area contributed by atoms with E-state index in [1.165, 1.54) is 12.5 Å². The van der Waals surface area contributed by atoms with Crippen LogP contribution >= 0.6 is 0 Å². The summed E-state index contributed by atoms with van der Waals surface area (Å²) in [4.78, 5) is 28.4. The van der Waals surface area contributed by atoms with Crippen LogP contribution in [0.3, 0.4) is 0 Å². The monoisotopic (exact) mass is 261 g/mol. The molecule has 98 valence electrons. The summed E-state index contributed by atoms with van der Waals surface area (Å²) in [5.41, 5.74) is 0.925. The first kappa shape index (κ1) is 12.6. The maximum atomic E-state index is 11.7. The second-order valence-electron chi connectivity index (χ2n) is 3.63. The molecule has 19 heavy (non-hydrogen) atoms. The first-order valence-electron chi connectivity index (χ1n) is 5.39. The number of imidazole rings is 1. The molecule has 0 radical (unpaired) electrons. The van der Waals surface area contributed by atoms with Crippen LogP contribution < -0.4 is 10.1 Å². The number of aromatic nitrogens is 2. The Labute approximate surface area is 108 Å². The highest BCUT2D eigenvalue weighted by atomic mass is 16.5. The smallest absolute Gasteiger partial charge is 0.341 e. The van der Waals surface area contributed by atoms with Crippen molar-refractivity contribution >= 4 is 17.6 Å². The zero-order valence-corrected chi connectivity index (χ0v) is 9.79. The lowest BCUT2D eigenvalue weighted by Gasteiger charge is -2.06. The number of rotatable bonds is 5. The van der Waals surface area contributed by atoms with Crippen LogP contribution in [0.2, 0.25) is 0 Å². The molecule has 0 aliphatic carbocycles. The standard InChI is InChI=1S/C12H11N3O4/c16-11(17)6-19-9-3-1-8(2-4-9)15-12(18)10-5-13-7-14-10/h1-5,7H,6H2,(H,13,14)(H,15,18)(H,16,17). The van der Waals surface area contributed by atoms with Crippen molar-refractivity contribution in [1.29, 1.82) is 0 Å². The number of ether oxygens (including phenoxy) is 1. The van der Waals surface area contributed by atoms with Gasteiger partial charge in [0.25, 0.3) is 5.91 Å². The molecule has 0 aliphatic rings. The molecule has 0 atom stereocenters. The number of nitrogens with zero attached hydrogens (tertiary/aromatic N) is 1. The fourth-order valence-corrected chi connectivity index (χ4v) is 1.36. The lowest BCUT2D eigenvalue weighted by Crippen LogP contribution is -2.12. The number of carboxylic acids is 1. The van der Waals surface area contributed by atoms with E-state index in [0.717, 1.165) is 0 Å². The fourth-order valence-electron chi connectivity index (χ4n) is 1.36. The van der Waals surface area contributed by atoms with Gasteiger partial charge in [0, 0.05) is 5.69 Å². The van der Waals surface area contributed by atoms with E-state index in [-0.39, 0.29) is 5.91 Å². The number of aliphatic carboxylic acids is 1. The Morgan fingerprint density at radius 2 is 2.05 bits per heavy atom. The molecule has 0 saturated carbocycles. The number of carboxylic acid groups (broad SMARTS) is 1. The molecule has 2 aromatic rings. The summed E-state index contributed by atoms with van der Waals surface area (Å²) in [7, 11) is 0. The van der Waals surface area contributed by atoms with Crippen LogP contribution in [0.1, 0.15) is 10.5 Å². The SMILES string of the molecule is O=C(O)COc1ccc(NC(=O)c2cnc[nH]2)cc1. The zero-order valence-electron chi connectivity index (χ0n) is 9.79. The molecule has 1 amide bonds. The Balaban J connectivity index is 1.95. The van der Waals surface area contributed by atoms with Gasteiger partial charge in [-0.25, -0.2) is 9.78 Å². The molecular weight excluding hydrogens is 250 g/mol. The predicted molar refractivity (Wildman–Crippen MR) is 66.1 cm³/mol. The Kier molecular flexibility index (Phi) is 3.77. The molecule has 0 saturated heterocycles.